The molecule has 2 aliphatic rings. The van der Waals surface area contributed by atoms with E-state index in [1.165, 1.54) is 22.0 Å². The molecule has 36 heavy (non-hydrogen) atoms. The Balaban J connectivity index is 1.36. The van der Waals surface area contributed by atoms with Crippen molar-refractivity contribution in [2.75, 3.05) is 0 Å². The van der Waals surface area contributed by atoms with Crippen LogP contribution in [0.1, 0.15) is 50.7 Å². The van der Waals surface area contributed by atoms with Crippen LogP contribution in [0.25, 0.3) is 44.1 Å². The van der Waals surface area contributed by atoms with E-state index >= 15 is 0 Å². The number of pyridine rings is 1. The molecule has 1 N–H and O–H groups in total. The minimum Gasteiger partial charge on any atom is -0.487 e. The van der Waals surface area contributed by atoms with Gasteiger partial charge in [-0.05, 0) is 58.3 Å². The van der Waals surface area contributed by atoms with E-state index < -0.39 is 0 Å². The van der Waals surface area contributed by atoms with E-state index in [0.29, 0.717) is 18.4 Å². The number of aliphatic imine (C=N–C) groups is 1. The van der Waals surface area contributed by atoms with E-state index in [1.807, 2.05) is 12.3 Å². The normalized spacial score (nSPS) is 14.2. The molecule has 5 aromatic rings. The van der Waals surface area contributed by atoms with Crippen molar-refractivity contribution in [3.8, 4) is 28.1 Å². The molecule has 0 aliphatic carbocycles. The standard InChI is InChI=1S/C31H28N4O/c1-16(2)25-14-24-20-9-7-18(12-23(20)28-22(29(24)33-25)6-5-11-32-28)19-8-10-21-27(13-19)36-15-26-30(21)35-31(34-26)17(3)4/h5-13,16-17H,14-15H2,1-4H3,(H,34,35). The highest BCUT2D eigenvalue weighted by atomic mass is 16.5. The predicted octanol–water partition coefficient (Wildman–Crippen LogP) is 7.75. The number of hydrogen-bond acceptors (Lipinski definition) is 4. The summed E-state index contributed by atoms with van der Waals surface area (Å²) in [5.74, 6) is 2.67. The summed E-state index contributed by atoms with van der Waals surface area (Å²) in [6, 6.07) is 17.4. The molecule has 0 bridgehead atoms. The summed E-state index contributed by atoms with van der Waals surface area (Å²) in [6.07, 6.45) is 2.78. The van der Waals surface area contributed by atoms with Gasteiger partial charge < -0.3 is 9.72 Å². The molecule has 0 atom stereocenters. The minimum absolute atomic E-state index is 0.350. The fourth-order valence-corrected chi connectivity index (χ4v) is 5.49. The van der Waals surface area contributed by atoms with E-state index in [1.54, 1.807) is 0 Å². The van der Waals surface area contributed by atoms with Crippen LogP contribution in [0.5, 0.6) is 5.75 Å². The molecule has 7 rings (SSSR count). The van der Waals surface area contributed by atoms with E-state index in [4.69, 9.17) is 19.7 Å². The third-order valence-electron chi connectivity index (χ3n) is 7.51. The van der Waals surface area contributed by atoms with Gasteiger partial charge in [0, 0.05) is 40.6 Å². The summed E-state index contributed by atoms with van der Waals surface area (Å²) in [5, 5.41) is 3.56. The van der Waals surface area contributed by atoms with Gasteiger partial charge in [0.05, 0.1) is 22.6 Å². The Morgan fingerprint density at radius 1 is 0.889 bits per heavy atom. The van der Waals surface area contributed by atoms with Crippen LogP contribution in [0.3, 0.4) is 0 Å². The average Bonchev–Trinajstić information content (AvgIpc) is 3.54. The quantitative estimate of drug-likeness (QED) is 0.273. The highest BCUT2D eigenvalue weighted by Gasteiger charge is 2.25. The molecule has 2 aromatic heterocycles. The molecule has 0 radical (unpaired) electrons. The largest absolute Gasteiger partial charge is 0.487 e. The van der Waals surface area contributed by atoms with Crippen LogP contribution in [-0.2, 0) is 13.0 Å². The van der Waals surface area contributed by atoms with E-state index in [2.05, 4.69) is 75.1 Å². The first-order chi connectivity index (χ1) is 17.5. The summed E-state index contributed by atoms with van der Waals surface area (Å²) in [4.78, 5) is 18.1. The highest BCUT2D eigenvalue weighted by molar-refractivity contribution is 6.17. The van der Waals surface area contributed by atoms with Gasteiger partial charge in [-0.3, -0.25) is 9.98 Å². The number of aromatic amines is 1. The lowest BCUT2D eigenvalue weighted by molar-refractivity contribution is 0.298. The maximum absolute atomic E-state index is 6.16. The minimum atomic E-state index is 0.350. The van der Waals surface area contributed by atoms with Gasteiger partial charge in [-0.1, -0.05) is 45.9 Å². The lowest BCUT2D eigenvalue weighted by Crippen LogP contribution is -2.06. The Labute approximate surface area is 210 Å². The Morgan fingerprint density at radius 2 is 1.72 bits per heavy atom. The third kappa shape index (κ3) is 3.12. The van der Waals surface area contributed by atoms with Gasteiger partial charge in [0.25, 0.3) is 0 Å². The number of benzene rings is 3. The van der Waals surface area contributed by atoms with Gasteiger partial charge in [-0.2, -0.15) is 0 Å². The summed E-state index contributed by atoms with van der Waals surface area (Å²) in [6.45, 7) is 9.26. The average molecular weight is 473 g/mol. The second-order valence-electron chi connectivity index (χ2n) is 10.5. The van der Waals surface area contributed by atoms with E-state index in [0.717, 1.165) is 62.7 Å². The monoisotopic (exact) mass is 472 g/mol. The molecule has 0 fully saturated rings. The molecule has 0 saturated heterocycles. The zero-order valence-corrected chi connectivity index (χ0v) is 21.0. The van der Waals surface area contributed by atoms with Gasteiger partial charge in [0.1, 0.15) is 18.2 Å². The van der Waals surface area contributed by atoms with Crippen LogP contribution in [-0.4, -0.2) is 20.7 Å². The molecule has 5 nitrogen and oxygen atoms in total. The summed E-state index contributed by atoms with van der Waals surface area (Å²) >= 11 is 0. The van der Waals surface area contributed by atoms with Crippen molar-refractivity contribution in [2.45, 2.75) is 46.6 Å². The lowest BCUT2D eigenvalue weighted by atomic mass is 9.92. The van der Waals surface area contributed by atoms with Crippen molar-refractivity contribution in [1.29, 1.82) is 0 Å². The van der Waals surface area contributed by atoms with Crippen molar-refractivity contribution in [2.24, 2.45) is 10.9 Å². The van der Waals surface area contributed by atoms with Crippen molar-refractivity contribution < 1.29 is 4.74 Å². The number of nitrogens with zero attached hydrogens (tertiary/aromatic N) is 3. The lowest BCUT2D eigenvalue weighted by Gasteiger charge is -2.18. The zero-order chi connectivity index (χ0) is 24.6. The SMILES string of the molecule is CC(C)C1=Nc2c(c3ccc(-c4ccc5c(c4)OCc4[nH]c(C(C)C)nc4-5)cc3c3ncccc23)C1. The van der Waals surface area contributed by atoms with E-state index in [-0.39, 0.29) is 0 Å². The molecule has 0 spiro atoms. The number of nitrogens with one attached hydrogen (secondary N) is 1. The predicted molar refractivity (Wildman–Crippen MR) is 146 cm³/mol. The summed E-state index contributed by atoms with van der Waals surface area (Å²) < 4.78 is 6.16. The van der Waals surface area contributed by atoms with Gasteiger partial charge in [-0.15, -0.1) is 0 Å². The van der Waals surface area contributed by atoms with Crippen LogP contribution in [0.15, 0.2) is 59.7 Å². The van der Waals surface area contributed by atoms with Crippen LogP contribution in [0.4, 0.5) is 5.69 Å². The van der Waals surface area contributed by atoms with Crippen LogP contribution < -0.4 is 4.74 Å². The van der Waals surface area contributed by atoms with Gasteiger partial charge in [0.15, 0.2) is 0 Å². The topological polar surface area (TPSA) is 63.2 Å². The fourth-order valence-electron chi connectivity index (χ4n) is 5.49. The second kappa shape index (κ2) is 7.76. The number of imidazole rings is 1. The Hall–Kier alpha value is -3.99. The fraction of sp³-hybridized carbons (Fsp3) is 0.258. The molecule has 0 saturated carbocycles. The van der Waals surface area contributed by atoms with Crippen LogP contribution >= 0.6 is 0 Å². The highest BCUT2D eigenvalue weighted by Crippen LogP contribution is 2.44. The number of hydrogen-bond donors (Lipinski definition) is 1. The molecule has 4 heterocycles. The number of aromatic nitrogens is 3. The third-order valence-corrected chi connectivity index (χ3v) is 7.51. The molecule has 3 aromatic carbocycles. The maximum Gasteiger partial charge on any atom is 0.130 e. The first-order valence-corrected chi connectivity index (χ1v) is 12.7. The number of ether oxygens (including phenoxy) is 1. The van der Waals surface area contributed by atoms with E-state index in [9.17, 15) is 0 Å². The molecular formula is C31H28N4O. The van der Waals surface area contributed by atoms with Gasteiger partial charge in [0.2, 0.25) is 0 Å². The Morgan fingerprint density at radius 3 is 2.56 bits per heavy atom. The molecule has 2 aliphatic heterocycles. The van der Waals surface area contributed by atoms with Crippen molar-refractivity contribution in [1.82, 2.24) is 15.0 Å². The van der Waals surface area contributed by atoms with Crippen LogP contribution in [0.2, 0.25) is 0 Å². The molecule has 0 amide bonds. The Bertz CT molecular complexity index is 1720. The van der Waals surface area contributed by atoms with Gasteiger partial charge in [-0.25, -0.2) is 4.98 Å². The summed E-state index contributed by atoms with van der Waals surface area (Å²) in [5.41, 5.74) is 10.1. The smallest absolute Gasteiger partial charge is 0.130 e. The summed E-state index contributed by atoms with van der Waals surface area (Å²) in [7, 11) is 0. The molecular weight excluding hydrogens is 444 g/mol. The second-order valence-corrected chi connectivity index (χ2v) is 10.5. The van der Waals surface area contributed by atoms with Crippen molar-refractivity contribution >= 4 is 33.1 Å². The van der Waals surface area contributed by atoms with Crippen molar-refractivity contribution in [3.63, 3.8) is 0 Å². The first kappa shape index (κ1) is 21.3. The zero-order valence-electron chi connectivity index (χ0n) is 21.0. The van der Waals surface area contributed by atoms with Crippen molar-refractivity contribution in [3.05, 3.63) is 71.8 Å². The number of fused-ring (bicyclic) bond motifs is 9. The molecule has 5 heteroatoms. The number of rotatable bonds is 3. The maximum atomic E-state index is 6.16. The molecule has 0 unspecified atom stereocenters. The molecule has 178 valence electrons. The first-order valence-electron chi connectivity index (χ1n) is 12.7. The van der Waals surface area contributed by atoms with Crippen LogP contribution in [0, 0.1) is 5.92 Å². The Kier molecular flexibility index (Phi) is 4.59. The number of H-pyrrole nitrogens is 1. The van der Waals surface area contributed by atoms with Gasteiger partial charge >= 0.3 is 0 Å².